The highest BCUT2D eigenvalue weighted by atomic mass is 32.2. The summed E-state index contributed by atoms with van der Waals surface area (Å²) >= 11 is 4.07. The number of thiazole rings is 2. The summed E-state index contributed by atoms with van der Waals surface area (Å²) in [5.74, 6) is -2.15. The lowest BCUT2D eigenvalue weighted by molar-refractivity contribution is -0.173. The van der Waals surface area contributed by atoms with Gasteiger partial charge in [0.05, 0.1) is 22.3 Å². The van der Waals surface area contributed by atoms with Gasteiger partial charge in [-0.15, -0.1) is 34.4 Å². The number of thioether (sulfide) groups is 1. The summed E-state index contributed by atoms with van der Waals surface area (Å²) in [6, 6.07) is -0.895. The van der Waals surface area contributed by atoms with E-state index in [0.717, 1.165) is 16.8 Å². The molecule has 2 atom stereocenters. The Bertz CT molecular complexity index is 1420. The first kappa shape index (κ1) is 30.2. The van der Waals surface area contributed by atoms with Crippen LogP contribution >= 0.6 is 34.4 Å². The maximum atomic E-state index is 13.2. The van der Waals surface area contributed by atoms with E-state index in [4.69, 9.17) is 20.0 Å². The molecule has 0 bridgehead atoms. The second-order valence-electron chi connectivity index (χ2n) is 9.82. The van der Waals surface area contributed by atoms with Gasteiger partial charge in [0.25, 0.3) is 11.8 Å². The number of amides is 2. The van der Waals surface area contributed by atoms with E-state index in [0.29, 0.717) is 22.2 Å². The van der Waals surface area contributed by atoms with Gasteiger partial charge in [-0.25, -0.2) is 14.8 Å². The fraction of sp³-hybridized carbons (Fsp3) is 0.400. The quantitative estimate of drug-likeness (QED) is 0.131. The highest BCUT2D eigenvalue weighted by Crippen LogP contribution is 2.41. The van der Waals surface area contributed by atoms with Crippen LogP contribution in [0.4, 0.5) is 5.13 Å². The molecule has 2 aliphatic rings. The number of hydrogen-bond acceptors (Lipinski definition) is 14. The molecule has 16 heteroatoms. The van der Waals surface area contributed by atoms with E-state index in [1.807, 2.05) is 13.0 Å². The standard InChI is InChI=1S/C25H28N6O7S3/c1-13-16(41-11-27-13)6-5-14-9-39-21-18(30-17(32)7-28-38-8-15-10-40-24(26)29-15)20(33)31(21)19(14)22(34)36-12-37-23(35)25(2,3)4/h5-7,10-11,18,21H,8-9,12H2,1-4H3,(H2,26,29)(H,30,32)/b6-5-,28-7+/t18-,21-/m1/s1. The minimum absolute atomic E-state index is 0.0222. The minimum Gasteiger partial charge on any atom is -0.427 e. The zero-order valence-electron chi connectivity index (χ0n) is 22.6. The number of nitrogens with two attached hydrogens (primary N) is 1. The van der Waals surface area contributed by atoms with E-state index in [2.05, 4.69) is 20.4 Å². The van der Waals surface area contributed by atoms with Gasteiger partial charge in [0.1, 0.15) is 23.3 Å². The fourth-order valence-corrected chi connectivity index (χ4v) is 6.16. The predicted molar refractivity (Wildman–Crippen MR) is 154 cm³/mol. The number of carbonyl (C=O) groups excluding carboxylic acids is 4. The number of carbonyl (C=O) groups is 4. The van der Waals surface area contributed by atoms with Crippen LogP contribution in [-0.4, -0.2) is 68.8 Å². The fourth-order valence-electron chi connectivity index (χ4n) is 3.60. The molecule has 4 heterocycles. The zero-order chi connectivity index (χ0) is 29.7. The van der Waals surface area contributed by atoms with Crippen molar-refractivity contribution in [1.29, 1.82) is 0 Å². The molecule has 0 unspecified atom stereocenters. The first-order valence-corrected chi connectivity index (χ1v) is 15.0. The van der Waals surface area contributed by atoms with Gasteiger partial charge < -0.3 is 25.4 Å². The normalized spacial score (nSPS) is 18.8. The maximum absolute atomic E-state index is 13.2. The summed E-state index contributed by atoms with van der Waals surface area (Å²) in [5, 5.41) is 7.75. The summed E-state index contributed by atoms with van der Waals surface area (Å²) in [6.45, 7) is 6.32. The number of allylic oxidation sites excluding steroid dienone is 1. The number of fused-ring (bicyclic) bond motifs is 1. The lowest BCUT2D eigenvalue weighted by Crippen LogP contribution is -2.70. The van der Waals surface area contributed by atoms with Gasteiger partial charge in [-0.05, 0) is 39.3 Å². The van der Waals surface area contributed by atoms with Crippen LogP contribution in [0.25, 0.3) is 6.08 Å². The first-order valence-electron chi connectivity index (χ1n) is 12.2. The third-order valence-electron chi connectivity index (χ3n) is 5.73. The third-order valence-corrected chi connectivity index (χ3v) is 8.65. The van der Waals surface area contributed by atoms with Crippen molar-refractivity contribution in [3.05, 3.63) is 44.5 Å². The van der Waals surface area contributed by atoms with E-state index in [1.165, 1.54) is 39.3 Å². The summed E-state index contributed by atoms with van der Waals surface area (Å²) in [5.41, 5.74) is 8.46. The summed E-state index contributed by atoms with van der Waals surface area (Å²) in [4.78, 5) is 66.3. The molecule has 3 N–H and O–H groups in total. The number of nitrogens with zero attached hydrogens (tertiary/aromatic N) is 4. The van der Waals surface area contributed by atoms with Crippen molar-refractivity contribution in [2.45, 2.75) is 45.7 Å². The lowest BCUT2D eigenvalue weighted by atomic mass is 9.98. The molecule has 2 aliphatic heterocycles. The molecule has 0 aliphatic carbocycles. The van der Waals surface area contributed by atoms with Crippen LogP contribution in [0.15, 0.2) is 33.4 Å². The number of β-lactam (4-membered cyclic amide) rings is 1. The lowest BCUT2D eigenvalue weighted by Gasteiger charge is -2.49. The second-order valence-corrected chi connectivity index (χ2v) is 12.7. The first-order chi connectivity index (χ1) is 19.5. The molecule has 218 valence electrons. The van der Waals surface area contributed by atoms with Gasteiger partial charge >= 0.3 is 11.9 Å². The Morgan fingerprint density at radius 2 is 2.02 bits per heavy atom. The number of oxime groups is 1. The van der Waals surface area contributed by atoms with Gasteiger partial charge in [0.15, 0.2) is 11.7 Å². The number of rotatable bonds is 10. The molecule has 2 aromatic heterocycles. The van der Waals surface area contributed by atoms with E-state index < -0.39 is 47.4 Å². The second kappa shape index (κ2) is 12.8. The number of aromatic nitrogens is 2. The zero-order valence-corrected chi connectivity index (χ0v) is 25.1. The monoisotopic (exact) mass is 620 g/mol. The predicted octanol–water partition coefficient (Wildman–Crippen LogP) is 2.45. The van der Waals surface area contributed by atoms with Gasteiger partial charge in [-0.2, -0.15) is 0 Å². The average molecular weight is 621 g/mol. The largest absolute Gasteiger partial charge is 0.427 e. The van der Waals surface area contributed by atoms with Crippen molar-refractivity contribution in [3.8, 4) is 0 Å². The van der Waals surface area contributed by atoms with Crippen molar-refractivity contribution in [2.75, 3.05) is 18.3 Å². The summed E-state index contributed by atoms with van der Waals surface area (Å²) in [6.07, 6.45) is 4.47. The van der Waals surface area contributed by atoms with Crippen LogP contribution in [0.1, 0.15) is 37.0 Å². The molecular weight excluding hydrogens is 593 g/mol. The van der Waals surface area contributed by atoms with Crippen LogP contribution in [-0.2, 0) is 40.1 Å². The Labute approximate surface area is 247 Å². The molecule has 41 heavy (non-hydrogen) atoms. The molecule has 4 rings (SSSR count). The van der Waals surface area contributed by atoms with Crippen LogP contribution in [0.3, 0.4) is 0 Å². The molecule has 0 radical (unpaired) electrons. The molecule has 0 aromatic carbocycles. The SMILES string of the molecule is Cc1ncsc1/C=C\C1=C(C(=O)OCOC(=O)C(C)(C)C)N2C(=O)[C@@H](NC(=O)/C=N/OCc3csc(N)n3)[C@H]2SC1. The Hall–Kier alpha value is -3.76. The van der Waals surface area contributed by atoms with Crippen molar-refractivity contribution >= 4 is 75.6 Å². The Morgan fingerprint density at radius 3 is 2.68 bits per heavy atom. The topological polar surface area (TPSA) is 175 Å². The van der Waals surface area contributed by atoms with Gasteiger partial charge in [0.2, 0.25) is 6.79 Å². The van der Waals surface area contributed by atoms with Crippen LogP contribution < -0.4 is 11.1 Å². The van der Waals surface area contributed by atoms with E-state index in [9.17, 15) is 19.2 Å². The molecule has 0 spiro atoms. The summed E-state index contributed by atoms with van der Waals surface area (Å²) in [7, 11) is 0. The average Bonchev–Trinajstić information content (AvgIpc) is 3.54. The van der Waals surface area contributed by atoms with Gasteiger partial charge in [0, 0.05) is 16.0 Å². The maximum Gasteiger partial charge on any atom is 0.358 e. The van der Waals surface area contributed by atoms with Crippen LogP contribution in [0, 0.1) is 12.3 Å². The highest BCUT2D eigenvalue weighted by Gasteiger charge is 2.54. The Morgan fingerprint density at radius 1 is 1.24 bits per heavy atom. The molecule has 1 fully saturated rings. The number of ether oxygens (including phenoxy) is 2. The summed E-state index contributed by atoms with van der Waals surface area (Å²) < 4.78 is 10.3. The van der Waals surface area contributed by atoms with Gasteiger partial charge in [-0.3, -0.25) is 19.3 Å². The van der Waals surface area contributed by atoms with E-state index in [-0.39, 0.29) is 12.3 Å². The van der Waals surface area contributed by atoms with Crippen LogP contribution in [0.2, 0.25) is 0 Å². The number of anilines is 1. The molecule has 2 amide bonds. The Kier molecular flexibility index (Phi) is 9.45. The van der Waals surface area contributed by atoms with Crippen molar-refractivity contribution < 1.29 is 33.5 Å². The number of nitrogens with one attached hydrogen (secondary N) is 1. The van der Waals surface area contributed by atoms with Gasteiger partial charge in [-0.1, -0.05) is 11.2 Å². The third kappa shape index (κ3) is 7.31. The van der Waals surface area contributed by atoms with Crippen molar-refractivity contribution in [2.24, 2.45) is 10.6 Å². The molecular formula is C25H28N6O7S3. The van der Waals surface area contributed by atoms with Crippen molar-refractivity contribution in [1.82, 2.24) is 20.2 Å². The molecule has 1 saturated heterocycles. The number of hydrogen-bond donors (Lipinski definition) is 2. The molecule has 0 saturated carbocycles. The van der Waals surface area contributed by atoms with Crippen molar-refractivity contribution in [3.63, 3.8) is 0 Å². The minimum atomic E-state index is -0.895. The Balaban J connectivity index is 1.43. The van der Waals surface area contributed by atoms with Crippen LogP contribution in [0.5, 0.6) is 0 Å². The smallest absolute Gasteiger partial charge is 0.358 e. The number of esters is 2. The molecule has 2 aromatic rings. The number of nitrogen functional groups attached to an aromatic ring is 1. The highest BCUT2D eigenvalue weighted by molar-refractivity contribution is 8.00. The number of aryl methyl sites for hydroxylation is 1. The van der Waals surface area contributed by atoms with E-state index in [1.54, 1.807) is 37.7 Å². The molecule has 13 nitrogen and oxygen atoms in total. The van der Waals surface area contributed by atoms with E-state index >= 15 is 0 Å².